The third kappa shape index (κ3) is 3.41. The highest BCUT2D eigenvalue weighted by atomic mass is 19.1. The second-order valence-corrected chi connectivity index (χ2v) is 6.02. The first-order valence-electron chi connectivity index (χ1n) is 7.76. The molecule has 1 fully saturated rings. The maximum Gasteiger partial charge on any atom is 0.260 e. The van der Waals surface area contributed by atoms with Crippen LogP contribution in [0.15, 0.2) is 36.7 Å². The minimum Gasteiger partial charge on any atom is -0.481 e. The Morgan fingerprint density at radius 3 is 2.96 bits per heavy atom. The second kappa shape index (κ2) is 6.60. The van der Waals surface area contributed by atoms with Crippen LogP contribution in [0.1, 0.15) is 12.5 Å². The largest absolute Gasteiger partial charge is 0.481 e. The molecule has 1 atom stereocenters. The third-order valence-electron chi connectivity index (χ3n) is 4.13. The van der Waals surface area contributed by atoms with E-state index in [1.807, 2.05) is 20.2 Å². The fourth-order valence-electron chi connectivity index (χ4n) is 2.74. The summed E-state index contributed by atoms with van der Waals surface area (Å²) in [7, 11) is 1.83. The van der Waals surface area contributed by atoms with Crippen molar-refractivity contribution in [2.24, 2.45) is 7.05 Å². The van der Waals surface area contributed by atoms with E-state index in [1.54, 1.807) is 27.9 Å². The van der Waals surface area contributed by atoms with Crippen molar-refractivity contribution in [3.8, 4) is 5.75 Å². The second-order valence-electron chi connectivity index (χ2n) is 6.02. The first-order chi connectivity index (χ1) is 11.5. The normalized spacial score (nSPS) is 20.9. The number of halogens is 1. The van der Waals surface area contributed by atoms with Gasteiger partial charge in [0.1, 0.15) is 5.60 Å². The molecule has 1 saturated heterocycles. The van der Waals surface area contributed by atoms with Gasteiger partial charge in [0.05, 0.1) is 19.3 Å². The van der Waals surface area contributed by atoms with Crippen molar-refractivity contribution in [3.05, 3.63) is 48.0 Å². The van der Waals surface area contributed by atoms with Crippen LogP contribution in [0.4, 0.5) is 4.39 Å². The van der Waals surface area contributed by atoms with E-state index in [0.717, 1.165) is 5.56 Å². The molecule has 128 valence electrons. The number of ether oxygens (including phenoxy) is 2. The predicted molar refractivity (Wildman–Crippen MR) is 85.0 cm³/mol. The number of hydrogen-bond donors (Lipinski definition) is 0. The molecule has 1 aliphatic heterocycles. The maximum atomic E-state index is 13.5. The van der Waals surface area contributed by atoms with Gasteiger partial charge in [-0.25, -0.2) is 4.39 Å². The monoisotopic (exact) mass is 333 g/mol. The molecule has 6 nitrogen and oxygen atoms in total. The minimum absolute atomic E-state index is 0.0779. The molecule has 2 aromatic rings. The maximum absolute atomic E-state index is 13.5. The van der Waals surface area contributed by atoms with Crippen LogP contribution in [-0.2, 0) is 22.2 Å². The van der Waals surface area contributed by atoms with E-state index in [0.29, 0.717) is 19.7 Å². The van der Waals surface area contributed by atoms with Gasteiger partial charge in [0.25, 0.3) is 5.91 Å². The lowest BCUT2D eigenvalue weighted by Gasteiger charge is -2.40. The Morgan fingerprint density at radius 2 is 2.25 bits per heavy atom. The Bertz CT molecular complexity index is 733. The lowest BCUT2D eigenvalue weighted by molar-refractivity contribution is -0.151. The van der Waals surface area contributed by atoms with Crippen LogP contribution >= 0.6 is 0 Å². The summed E-state index contributed by atoms with van der Waals surface area (Å²) in [4.78, 5) is 14.1. The highest BCUT2D eigenvalue weighted by Crippen LogP contribution is 2.29. The first-order valence-corrected chi connectivity index (χ1v) is 7.76. The number of nitrogens with zero attached hydrogens (tertiary/aromatic N) is 3. The Hall–Kier alpha value is -2.41. The van der Waals surface area contributed by atoms with Crippen LogP contribution < -0.4 is 4.74 Å². The van der Waals surface area contributed by atoms with Gasteiger partial charge in [-0.05, 0) is 19.1 Å². The number of morpholine rings is 1. The fourth-order valence-corrected chi connectivity index (χ4v) is 2.74. The van der Waals surface area contributed by atoms with E-state index in [2.05, 4.69) is 5.10 Å². The number of rotatable bonds is 4. The van der Waals surface area contributed by atoms with Crippen molar-refractivity contribution in [2.45, 2.75) is 12.5 Å². The Balaban J connectivity index is 1.64. The van der Waals surface area contributed by atoms with E-state index in [-0.39, 0.29) is 18.3 Å². The molecule has 0 saturated carbocycles. The lowest BCUT2D eigenvalue weighted by atomic mass is 9.97. The quantitative estimate of drug-likeness (QED) is 0.855. The summed E-state index contributed by atoms with van der Waals surface area (Å²) < 4.78 is 26.4. The molecular weight excluding hydrogens is 313 g/mol. The molecule has 0 N–H and O–H groups in total. The minimum atomic E-state index is -0.611. The van der Waals surface area contributed by atoms with Crippen molar-refractivity contribution in [1.29, 1.82) is 0 Å². The zero-order chi connectivity index (χ0) is 17.2. The lowest BCUT2D eigenvalue weighted by Crippen LogP contribution is -2.51. The number of hydrogen-bond acceptors (Lipinski definition) is 4. The molecule has 2 heterocycles. The average molecular weight is 333 g/mol. The molecular formula is C17H20FN3O3. The Labute approximate surface area is 139 Å². The van der Waals surface area contributed by atoms with E-state index in [1.165, 1.54) is 12.1 Å². The fraction of sp³-hybridized carbons (Fsp3) is 0.412. The summed E-state index contributed by atoms with van der Waals surface area (Å²) in [6, 6.07) is 6.04. The van der Waals surface area contributed by atoms with Gasteiger partial charge in [0.15, 0.2) is 18.2 Å². The van der Waals surface area contributed by atoms with Gasteiger partial charge in [-0.15, -0.1) is 0 Å². The molecule has 1 aromatic heterocycles. The molecule has 0 unspecified atom stereocenters. The number of aromatic nitrogens is 2. The number of carbonyl (C=O) groups excluding carboxylic acids is 1. The zero-order valence-electron chi connectivity index (χ0n) is 13.7. The zero-order valence-corrected chi connectivity index (χ0v) is 13.7. The van der Waals surface area contributed by atoms with Gasteiger partial charge >= 0.3 is 0 Å². The van der Waals surface area contributed by atoms with Crippen molar-refractivity contribution < 1.29 is 18.7 Å². The molecule has 0 aliphatic carbocycles. The smallest absolute Gasteiger partial charge is 0.260 e. The molecule has 0 radical (unpaired) electrons. The summed E-state index contributed by atoms with van der Waals surface area (Å²) in [6.45, 7) is 3.04. The number of amides is 1. The molecule has 3 rings (SSSR count). The highest BCUT2D eigenvalue weighted by molar-refractivity contribution is 5.78. The first kappa shape index (κ1) is 16.4. The molecule has 1 aliphatic rings. The summed E-state index contributed by atoms with van der Waals surface area (Å²) in [5.74, 6) is -0.599. The van der Waals surface area contributed by atoms with Crippen LogP contribution in [0.3, 0.4) is 0 Å². The van der Waals surface area contributed by atoms with Gasteiger partial charge in [-0.2, -0.15) is 5.10 Å². The number of carbonyl (C=O) groups is 1. The average Bonchev–Trinajstić information content (AvgIpc) is 3.01. The summed E-state index contributed by atoms with van der Waals surface area (Å²) >= 11 is 0. The molecule has 1 aromatic carbocycles. The highest BCUT2D eigenvalue weighted by Gasteiger charge is 2.36. The van der Waals surface area contributed by atoms with Crippen molar-refractivity contribution in [2.75, 3.05) is 26.3 Å². The predicted octanol–water partition coefficient (Wildman–Crippen LogP) is 1.71. The standard InChI is InChI=1S/C17H20FN3O3/c1-17(13-9-19-20(2)10-13)12-21(7-8-24-17)16(22)11-23-15-6-4-3-5-14(15)18/h3-6,9-10H,7-8,11-12H2,1-2H3/t17-/m0/s1. The summed E-state index contributed by atoms with van der Waals surface area (Å²) in [5.41, 5.74) is 0.303. The van der Waals surface area contributed by atoms with Crippen LogP contribution in [0, 0.1) is 5.82 Å². The molecule has 24 heavy (non-hydrogen) atoms. The number of para-hydroxylation sites is 1. The molecule has 7 heteroatoms. The summed E-state index contributed by atoms with van der Waals surface area (Å²) in [5, 5.41) is 4.16. The molecule has 0 bridgehead atoms. The van der Waals surface area contributed by atoms with E-state index < -0.39 is 11.4 Å². The van der Waals surface area contributed by atoms with E-state index in [4.69, 9.17) is 9.47 Å². The number of aryl methyl sites for hydroxylation is 1. The van der Waals surface area contributed by atoms with Gasteiger partial charge < -0.3 is 14.4 Å². The van der Waals surface area contributed by atoms with Crippen molar-refractivity contribution in [1.82, 2.24) is 14.7 Å². The number of benzene rings is 1. The van der Waals surface area contributed by atoms with E-state index in [9.17, 15) is 9.18 Å². The van der Waals surface area contributed by atoms with Crippen LogP contribution in [0.2, 0.25) is 0 Å². The topological polar surface area (TPSA) is 56.6 Å². The van der Waals surface area contributed by atoms with Crippen molar-refractivity contribution in [3.63, 3.8) is 0 Å². The summed E-state index contributed by atoms with van der Waals surface area (Å²) in [6.07, 6.45) is 3.62. The van der Waals surface area contributed by atoms with E-state index >= 15 is 0 Å². The Morgan fingerprint density at radius 1 is 1.46 bits per heavy atom. The SMILES string of the molecule is Cn1cc([C@]2(C)CN(C(=O)COc3ccccc3F)CCO2)cn1. The van der Waals surface area contributed by atoms with Crippen LogP contribution in [0.5, 0.6) is 5.75 Å². The van der Waals surface area contributed by atoms with Crippen LogP contribution in [-0.4, -0.2) is 46.9 Å². The molecule has 0 spiro atoms. The van der Waals surface area contributed by atoms with Crippen molar-refractivity contribution >= 4 is 5.91 Å². The third-order valence-corrected chi connectivity index (χ3v) is 4.13. The van der Waals surface area contributed by atoms with Gasteiger partial charge in [0.2, 0.25) is 0 Å². The Kier molecular flexibility index (Phi) is 4.53. The van der Waals surface area contributed by atoms with Gasteiger partial charge in [-0.3, -0.25) is 9.48 Å². The van der Waals surface area contributed by atoms with Gasteiger partial charge in [0, 0.05) is 25.4 Å². The molecule has 1 amide bonds. The van der Waals surface area contributed by atoms with Gasteiger partial charge in [-0.1, -0.05) is 12.1 Å². The van der Waals surface area contributed by atoms with Crippen LogP contribution in [0.25, 0.3) is 0 Å².